The van der Waals surface area contributed by atoms with E-state index in [1.165, 1.54) is 0 Å². The van der Waals surface area contributed by atoms with Gasteiger partial charge in [-0.15, -0.1) is 0 Å². The van der Waals surface area contributed by atoms with Crippen molar-refractivity contribution in [2.45, 2.75) is 125 Å². The van der Waals surface area contributed by atoms with Gasteiger partial charge in [-0.05, 0) is 102 Å². The van der Waals surface area contributed by atoms with E-state index < -0.39 is 39.3 Å². The van der Waals surface area contributed by atoms with Crippen molar-refractivity contribution < 1.29 is 24.6 Å². The van der Waals surface area contributed by atoms with Crippen molar-refractivity contribution in [2.24, 2.45) is 16.2 Å². The van der Waals surface area contributed by atoms with Gasteiger partial charge in [-0.1, -0.05) is 20.8 Å². The van der Waals surface area contributed by atoms with Crippen LogP contribution in [0.1, 0.15) is 109 Å². The monoisotopic (exact) mass is 484 g/mol. The van der Waals surface area contributed by atoms with Gasteiger partial charge in [0.2, 0.25) is 5.91 Å². The summed E-state index contributed by atoms with van der Waals surface area (Å²) >= 11 is 0. The van der Waals surface area contributed by atoms with Crippen LogP contribution in [0.5, 0.6) is 0 Å². The highest BCUT2D eigenvalue weighted by Crippen LogP contribution is 2.48. The highest BCUT2D eigenvalue weighted by atomic mass is 16.4. The second kappa shape index (κ2) is 10.2. The lowest BCUT2D eigenvalue weighted by atomic mass is 9.66. The molecule has 7 heteroatoms. The van der Waals surface area contributed by atoms with Gasteiger partial charge < -0.3 is 20.0 Å². The first-order valence-corrected chi connectivity index (χ1v) is 12.4. The largest absolute Gasteiger partial charge is 0.481 e. The Morgan fingerprint density at radius 1 is 0.647 bits per heavy atom. The minimum Gasteiger partial charge on any atom is -0.481 e. The van der Waals surface area contributed by atoms with Crippen molar-refractivity contribution in [2.75, 3.05) is 14.1 Å². The van der Waals surface area contributed by atoms with Gasteiger partial charge in [-0.3, -0.25) is 14.4 Å². The first kappa shape index (κ1) is 32.4. The fraction of sp³-hybridized carbons (Fsp3) is 0.889. The summed E-state index contributed by atoms with van der Waals surface area (Å²) in [6.07, 6.45) is 1.74. The zero-order chi connectivity index (χ0) is 27.7. The maximum atomic E-state index is 14.6. The molecule has 2 unspecified atom stereocenters. The molecule has 34 heavy (non-hydrogen) atoms. The first-order chi connectivity index (χ1) is 14.9. The predicted molar refractivity (Wildman–Crippen MR) is 138 cm³/mol. The summed E-state index contributed by atoms with van der Waals surface area (Å²) in [5.74, 6) is -2.06. The molecule has 0 saturated heterocycles. The van der Waals surface area contributed by atoms with E-state index in [9.17, 15) is 24.6 Å². The molecule has 0 aromatic rings. The number of aliphatic carboxylic acids is 2. The van der Waals surface area contributed by atoms with Crippen LogP contribution >= 0.6 is 0 Å². The number of nitrogens with zero attached hydrogens (tertiary/aromatic N) is 2. The molecule has 0 spiro atoms. The molecule has 0 rings (SSSR count). The van der Waals surface area contributed by atoms with Gasteiger partial charge in [0.25, 0.3) is 0 Å². The van der Waals surface area contributed by atoms with E-state index in [-0.39, 0.29) is 17.9 Å². The standard InChI is InChI=1S/C27H52N2O5/c1-15-26(11,17-22(3,4)28(13)14)19(30)29(25(9,10)24(7,8)20(31)32)23(5,6)18-27(12,16-2)21(33)34/h15-18H2,1-14H3,(H,31,32)(H,33,34). The second-order valence-corrected chi connectivity index (χ2v) is 13.1. The summed E-state index contributed by atoms with van der Waals surface area (Å²) in [4.78, 5) is 42.9. The van der Waals surface area contributed by atoms with Crippen LogP contribution in [-0.4, -0.2) is 68.6 Å². The highest BCUT2D eigenvalue weighted by Gasteiger charge is 2.57. The zero-order valence-corrected chi connectivity index (χ0v) is 24.3. The number of hydrogen-bond donors (Lipinski definition) is 2. The van der Waals surface area contributed by atoms with Gasteiger partial charge in [0.1, 0.15) is 0 Å². The van der Waals surface area contributed by atoms with Gasteiger partial charge in [-0.25, -0.2) is 0 Å². The van der Waals surface area contributed by atoms with Crippen molar-refractivity contribution in [3.63, 3.8) is 0 Å². The van der Waals surface area contributed by atoms with E-state index in [0.717, 1.165) is 0 Å². The van der Waals surface area contributed by atoms with Crippen molar-refractivity contribution in [1.29, 1.82) is 0 Å². The fourth-order valence-corrected chi connectivity index (χ4v) is 4.95. The molecule has 1 amide bonds. The van der Waals surface area contributed by atoms with Crippen molar-refractivity contribution in [1.82, 2.24) is 9.80 Å². The number of carboxylic acids is 2. The van der Waals surface area contributed by atoms with Crippen molar-refractivity contribution in [3.05, 3.63) is 0 Å². The van der Waals surface area contributed by atoms with Gasteiger partial charge in [0.15, 0.2) is 0 Å². The maximum absolute atomic E-state index is 14.6. The van der Waals surface area contributed by atoms with Crippen LogP contribution in [0.25, 0.3) is 0 Å². The average molecular weight is 485 g/mol. The van der Waals surface area contributed by atoms with Crippen molar-refractivity contribution >= 4 is 17.8 Å². The predicted octanol–water partition coefficient (Wildman–Crippen LogP) is 5.52. The van der Waals surface area contributed by atoms with Gasteiger partial charge in [0, 0.05) is 16.5 Å². The molecule has 0 aliphatic rings. The van der Waals surface area contributed by atoms with Crippen LogP contribution < -0.4 is 0 Å². The molecular weight excluding hydrogens is 432 g/mol. The zero-order valence-electron chi connectivity index (χ0n) is 24.3. The summed E-state index contributed by atoms with van der Waals surface area (Å²) in [5, 5.41) is 20.1. The van der Waals surface area contributed by atoms with E-state index in [2.05, 4.69) is 18.7 Å². The number of hydrogen-bond acceptors (Lipinski definition) is 4. The van der Waals surface area contributed by atoms with Crippen LogP contribution in [0.3, 0.4) is 0 Å². The third-order valence-corrected chi connectivity index (χ3v) is 8.88. The Bertz CT molecular complexity index is 769. The van der Waals surface area contributed by atoms with Crippen molar-refractivity contribution in [3.8, 4) is 0 Å². The molecule has 0 bridgehead atoms. The smallest absolute Gasteiger partial charge is 0.311 e. The van der Waals surface area contributed by atoms with Crippen LogP contribution in [0.4, 0.5) is 0 Å². The van der Waals surface area contributed by atoms with E-state index in [1.54, 1.807) is 39.5 Å². The number of amides is 1. The molecular formula is C27H52N2O5. The Morgan fingerprint density at radius 2 is 1.03 bits per heavy atom. The Kier molecular flexibility index (Phi) is 9.67. The van der Waals surface area contributed by atoms with Crippen LogP contribution in [0.2, 0.25) is 0 Å². The third-order valence-electron chi connectivity index (χ3n) is 8.88. The van der Waals surface area contributed by atoms with Gasteiger partial charge in [0.05, 0.1) is 16.4 Å². The maximum Gasteiger partial charge on any atom is 0.311 e. The molecule has 0 fully saturated rings. The van der Waals surface area contributed by atoms with E-state index in [1.807, 2.05) is 48.7 Å². The molecule has 0 aliphatic heterocycles. The second-order valence-electron chi connectivity index (χ2n) is 13.1. The molecule has 200 valence electrons. The third kappa shape index (κ3) is 6.13. The molecule has 0 radical (unpaired) electrons. The summed E-state index contributed by atoms with van der Waals surface area (Å²) in [6, 6.07) is 0. The topological polar surface area (TPSA) is 98.2 Å². The quantitative estimate of drug-likeness (QED) is 0.357. The first-order valence-electron chi connectivity index (χ1n) is 12.4. The average Bonchev–Trinajstić information content (AvgIpc) is 2.65. The van der Waals surface area contributed by atoms with Crippen LogP contribution in [-0.2, 0) is 14.4 Å². The Labute approximate surface area is 208 Å². The number of rotatable bonds is 13. The number of carbonyl (C=O) groups excluding carboxylic acids is 1. The van der Waals surface area contributed by atoms with E-state index in [0.29, 0.717) is 19.3 Å². The van der Waals surface area contributed by atoms with E-state index >= 15 is 0 Å². The molecule has 2 N–H and O–H groups in total. The molecule has 7 nitrogen and oxygen atoms in total. The molecule has 0 heterocycles. The minimum atomic E-state index is -1.28. The van der Waals surface area contributed by atoms with E-state index in [4.69, 9.17) is 0 Å². The lowest BCUT2D eigenvalue weighted by molar-refractivity contribution is -0.178. The molecule has 0 saturated carbocycles. The summed E-state index contributed by atoms with van der Waals surface area (Å²) in [5.41, 5.74) is -5.42. The van der Waals surface area contributed by atoms with Crippen LogP contribution in [0.15, 0.2) is 0 Å². The Morgan fingerprint density at radius 3 is 1.32 bits per heavy atom. The molecule has 0 aromatic carbocycles. The molecule has 0 aromatic heterocycles. The number of carboxylic acid groups (broad SMARTS) is 2. The lowest BCUT2D eigenvalue weighted by Gasteiger charge is -2.57. The summed E-state index contributed by atoms with van der Waals surface area (Å²) in [7, 11) is 3.97. The van der Waals surface area contributed by atoms with Gasteiger partial charge in [-0.2, -0.15) is 0 Å². The molecule has 2 atom stereocenters. The Balaban J connectivity index is 7.06. The summed E-state index contributed by atoms with van der Waals surface area (Å²) in [6.45, 7) is 22.2. The highest BCUT2D eigenvalue weighted by molar-refractivity contribution is 5.86. The van der Waals surface area contributed by atoms with Gasteiger partial charge >= 0.3 is 11.9 Å². The minimum absolute atomic E-state index is 0.141. The number of carbonyl (C=O) groups is 3. The fourth-order valence-electron chi connectivity index (χ4n) is 4.95. The normalized spacial score (nSPS) is 17.1. The summed E-state index contributed by atoms with van der Waals surface area (Å²) < 4.78 is 0. The Hall–Kier alpha value is -1.63. The van der Waals surface area contributed by atoms with Crippen LogP contribution in [0, 0.1) is 16.2 Å². The lowest BCUT2D eigenvalue weighted by Crippen LogP contribution is -2.68. The SMILES string of the molecule is CCC(C)(CC(C)(C)N(C(=O)C(C)(CC)CC(C)(C)N(C)C)C(C)(C)C(C)(C)C(=O)O)C(=O)O. The molecule has 0 aliphatic carbocycles.